The van der Waals surface area contributed by atoms with E-state index in [0.717, 1.165) is 58.2 Å². The number of hydrogen-bond donors (Lipinski definition) is 4. The quantitative estimate of drug-likeness (QED) is 0.223. The number of pyridine rings is 1. The highest BCUT2D eigenvalue weighted by Gasteiger charge is 2.38. The van der Waals surface area contributed by atoms with Crippen LogP contribution >= 0.6 is 11.6 Å². The average Bonchev–Trinajstić information content (AvgIpc) is 3.69. The van der Waals surface area contributed by atoms with Gasteiger partial charge in [0, 0.05) is 47.6 Å². The number of hydrogen-bond acceptors (Lipinski definition) is 7. The molecule has 4 N–H and O–H groups in total. The maximum atomic E-state index is 13.9. The third-order valence-electron chi connectivity index (χ3n) is 7.53. The Morgan fingerprint density at radius 3 is 2.70 bits per heavy atom. The van der Waals surface area contributed by atoms with E-state index < -0.39 is 5.44 Å². The van der Waals surface area contributed by atoms with Gasteiger partial charge < -0.3 is 16.1 Å². The molecule has 0 radical (unpaired) electrons. The summed E-state index contributed by atoms with van der Waals surface area (Å²) in [6.45, 7) is 0.627. The number of anilines is 2. The zero-order valence-electron chi connectivity index (χ0n) is 22.0. The molecule has 200 valence electrons. The predicted octanol–water partition coefficient (Wildman–Crippen LogP) is 4.78. The number of rotatable bonds is 9. The van der Waals surface area contributed by atoms with Gasteiger partial charge in [0.05, 0.1) is 27.4 Å². The lowest BCUT2D eigenvalue weighted by Gasteiger charge is -2.34. The third-order valence-corrected chi connectivity index (χ3v) is 7.84. The Bertz CT molecular complexity index is 1620. The Kier molecular flexibility index (Phi) is 6.97. The zero-order valence-corrected chi connectivity index (χ0v) is 22.8. The van der Waals surface area contributed by atoms with E-state index >= 15 is 0 Å². The van der Waals surface area contributed by atoms with Crippen molar-refractivity contribution in [1.29, 1.82) is 5.26 Å². The molecule has 0 bridgehead atoms. The summed E-state index contributed by atoms with van der Waals surface area (Å²) < 4.78 is 13.9. The third kappa shape index (κ3) is 5.16. The van der Waals surface area contributed by atoms with Gasteiger partial charge in [-0.3, -0.25) is 9.99 Å². The Morgan fingerprint density at radius 2 is 1.98 bits per heavy atom. The maximum absolute atomic E-state index is 13.9. The number of nitriles is 1. The lowest BCUT2D eigenvalue weighted by Crippen LogP contribution is -2.45. The number of fused-ring (bicyclic) bond motifs is 1. The minimum atomic E-state index is -0.748. The van der Waals surface area contributed by atoms with Crippen molar-refractivity contribution >= 4 is 41.6 Å². The number of nitrogens with zero attached hydrogens (tertiary/aromatic N) is 3. The minimum absolute atomic E-state index is 0.294. The molecule has 6 rings (SSSR count). The second-order valence-electron chi connectivity index (χ2n) is 10.4. The molecule has 2 aliphatic rings. The van der Waals surface area contributed by atoms with Crippen LogP contribution in [0.4, 0.5) is 15.8 Å². The van der Waals surface area contributed by atoms with E-state index in [1.165, 1.54) is 12.1 Å². The van der Waals surface area contributed by atoms with Crippen molar-refractivity contribution in [2.45, 2.75) is 30.7 Å². The highest BCUT2D eigenvalue weighted by Crippen LogP contribution is 2.39. The van der Waals surface area contributed by atoms with E-state index in [4.69, 9.17) is 11.6 Å². The predicted molar refractivity (Wildman–Crippen MR) is 160 cm³/mol. The highest BCUT2D eigenvalue weighted by atomic mass is 35.5. The smallest absolute Gasteiger partial charge is 0.148 e. The van der Waals surface area contributed by atoms with Gasteiger partial charge in [-0.1, -0.05) is 35.9 Å². The van der Waals surface area contributed by atoms with Crippen LogP contribution in [0.5, 0.6) is 0 Å². The summed E-state index contributed by atoms with van der Waals surface area (Å²) in [4.78, 5) is 4.19. The number of benzene rings is 3. The zero-order chi connectivity index (χ0) is 27.7. The van der Waals surface area contributed by atoms with E-state index in [9.17, 15) is 9.65 Å². The van der Waals surface area contributed by atoms with E-state index in [1.807, 2.05) is 44.4 Å². The summed E-state index contributed by atoms with van der Waals surface area (Å²) in [5, 5.41) is 21.4. The summed E-state index contributed by atoms with van der Waals surface area (Å²) in [6, 6.07) is 20.8. The van der Waals surface area contributed by atoms with Crippen LogP contribution < -0.4 is 21.6 Å². The summed E-state index contributed by atoms with van der Waals surface area (Å²) in [5.74, 6) is -0.294. The van der Waals surface area contributed by atoms with Crippen LogP contribution in [0.15, 0.2) is 85.0 Å². The number of hydrazine groups is 2. The topological polar surface area (TPSA) is 88.0 Å². The van der Waals surface area contributed by atoms with Crippen molar-refractivity contribution in [2.75, 3.05) is 17.2 Å². The van der Waals surface area contributed by atoms with Gasteiger partial charge in [-0.25, -0.2) is 4.39 Å². The Balaban J connectivity index is 1.38. The van der Waals surface area contributed by atoms with Crippen LogP contribution in [0.1, 0.15) is 29.5 Å². The second kappa shape index (κ2) is 10.7. The summed E-state index contributed by atoms with van der Waals surface area (Å²) >= 11 is 6.83. The molecule has 4 aromatic rings. The molecule has 1 unspecified atom stereocenters. The van der Waals surface area contributed by atoms with Crippen LogP contribution in [-0.4, -0.2) is 30.4 Å². The molecule has 2 heterocycles. The van der Waals surface area contributed by atoms with Gasteiger partial charge in [0.2, 0.25) is 0 Å². The fourth-order valence-corrected chi connectivity index (χ4v) is 5.40. The summed E-state index contributed by atoms with van der Waals surface area (Å²) in [7, 11) is 2.05. The molecule has 0 amide bonds. The lowest BCUT2D eigenvalue weighted by atomic mass is 9.69. The largest absolute Gasteiger partial charge is 0.383 e. The fraction of sp³-hybridized carbons (Fsp3) is 0.200. The average molecular weight is 552 g/mol. The second-order valence-corrected chi connectivity index (χ2v) is 10.8. The van der Waals surface area contributed by atoms with Gasteiger partial charge in [-0.2, -0.15) is 5.26 Å². The van der Waals surface area contributed by atoms with E-state index in [2.05, 4.69) is 43.9 Å². The Hall–Kier alpha value is -4.26. The summed E-state index contributed by atoms with van der Waals surface area (Å²) in [5.41, 5.74) is 10.7. The minimum Gasteiger partial charge on any atom is -0.383 e. The van der Waals surface area contributed by atoms with Crippen molar-refractivity contribution in [3.63, 3.8) is 0 Å². The molecule has 1 saturated carbocycles. The van der Waals surface area contributed by atoms with Crippen LogP contribution in [-0.2, 0) is 11.9 Å². The molecule has 1 atom stereocenters. The van der Waals surface area contributed by atoms with Crippen molar-refractivity contribution in [3.8, 4) is 6.07 Å². The first-order valence-corrected chi connectivity index (χ1v) is 13.7. The van der Waals surface area contributed by atoms with Crippen molar-refractivity contribution in [1.82, 2.24) is 21.0 Å². The van der Waals surface area contributed by atoms with Crippen LogP contribution in [0.25, 0.3) is 10.8 Å². The maximum Gasteiger partial charge on any atom is 0.148 e. The molecular formula is C30H28BClFN7. The normalized spacial score (nSPS) is 16.1. The molecule has 1 fully saturated rings. The molecule has 10 heteroatoms. The lowest BCUT2D eigenvalue weighted by molar-refractivity contribution is 0.260. The first kappa shape index (κ1) is 26.0. The molecule has 0 spiro atoms. The van der Waals surface area contributed by atoms with Crippen LogP contribution in [0, 0.1) is 17.1 Å². The molecule has 1 aliphatic carbocycles. The molecule has 7 nitrogen and oxygen atoms in total. The number of nitrogens with one attached hydrogen (secondary N) is 4. The highest BCUT2D eigenvalue weighted by molar-refractivity contribution is 6.36. The molecule has 3 aromatic carbocycles. The Morgan fingerprint density at radius 1 is 1.15 bits per heavy atom. The fourth-order valence-electron chi connectivity index (χ4n) is 5.12. The summed E-state index contributed by atoms with van der Waals surface area (Å²) in [6.07, 6.45) is 8.69. The van der Waals surface area contributed by atoms with Crippen LogP contribution in [0.2, 0.25) is 5.02 Å². The van der Waals surface area contributed by atoms with Gasteiger partial charge in [-0.15, -0.1) is 5.53 Å². The van der Waals surface area contributed by atoms with Gasteiger partial charge in [0.25, 0.3) is 0 Å². The van der Waals surface area contributed by atoms with E-state index in [0.29, 0.717) is 23.2 Å². The van der Waals surface area contributed by atoms with E-state index in [1.54, 1.807) is 24.4 Å². The molecule has 0 saturated heterocycles. The van der Waals surface area contributed by atoms with Gasteiger partial charge in [0.1, 0.15) is 19.7 Å². The molecule has 40 heavy (non-hydrogen) atoms. The van der Waals surface area contributed by atoms with Crippen LogP contribution in [0.3, 0.4) is 0 Å². The Labute approximate surface area is 238 Å². The molecule has 1 aliphatic heterocycles. The molecular weight excluding hydrogens is 524 g/mol. The van der Waals surface area contributed by atoms with Crippen molar-refractivity contribution < 1.29 is 4.39 Å². The monoisotopic (exact) mass is 551 g/mol. The van der Waals surface area contributed by atoms with Gasteiger partial charge in [0.15, 0.2) is 0 Å². The SMILES string of the molecule is BC(Nc1cc(Cl)c2ccc(C#N)c(NCCc3cccnc3)c2c1)(C1=CN(C2CC2)NN1)c1ccc(F)cc1. The molecule has 1 aromatic heterocycles. The first-order chi connectivity index (χ1) is 19.4. The first-order valence-electron chi connectivity index (χ1n) is 13.3. The van der Waals surface area contributed by atoms with Crippen molar-refractivity contribution in [2.24, 2.45) is 0 Å². The number of aromatic nitrogens is 1. The van der Waals surface area contributed by atoms with Gasteiger partial charge >= 0.3 is 0 Å². The van der Waals surface area contributed by atoms with Gasteiger partial charge in [-0.05, 0) is 66.8 Å². The van der Waals surface area contributed by atoms with E-state index in [-0.39, 0.29) is 5.82 Å². The number of halogens is 2. The van der Waals surface area contributed by atoms with Crippen molar-refractivity contribution in [3.05, 3.63) is 112 Å². The standard InChI is InChI=1S/C30H28BClFN7/c31-30(21-4-6-22(33)7-5-21,28-18-40(39-38-28)24-8-9-24)37-23-14-26-25(27(32)15-23)10-3-20(16-34)29(26)36-13-11-19-2-1-12-35-17-19/h1-7,10,12,14-15,17-18,24,36-39H,8-9,11,13,31H2.